The highest BCUT2D eigenvalue weighted by atomic mass is 16.5. The molecule has 0 heterocycles. The van der Waals surface area contributed by atoms with E-state index in [1.165, 1.54) is 14.0 Å². The number of methoxy groups -OCH3 is 1. The second kappa shape index (κ2) is 5.85. The minimum atomic E-state index is -0.580. The fourth-order valence-corrected chi connectivity index (χ4v) is 1.31. The van der Waals surface area contributed by atoms with Gasteiger partial charge in [-0.15, -0.1) is 0 Å². The van der Waals surface area contributed by atoms with Crippen molar-refractivity contribution in [3.8, 4) is 0 Å². The van der Waals surface area contributed by atoms with E-state index in [1.807, 2.05) is 30.3 Å². The first-order valence-corrected chi connectivity index (χ1v) is 4.98. The molecular weight excluding hydrogens is 204 g/mol. The first-order valence-electron chi connectivity index (χ1n) is 4.98. The Balaban J connectivity index is 2.81. The Bertz CT molecular complexity index is 404. The number of ether oxygens (including phenoxy) is 1. The van der Waals surface area contributed by atoms with Crippen LogP contribution in [-0.2, 0) is 20.7 Å². The average molecular weight is 218 g/mol. The molecule has 0 aromatic heterocycles. The summed E-state index contributed by atoms with van der Waals surface area (Å²) in [4.78, 5) is 22.5. The van der Waals surface area contributed by atoms with Gasteiger partial charge in [0.25, 0.3) is 0 Å². The number of carbonyl (C=O) groups excluding carboxylic acids is 2. The second-order valence-corrected chi connectivity index (χ2v) is 3.36. The van der Waals surface area contributed by atoms with Crippen LogP contribution in [0.3, 0.4) is 0 Å². The molecule has 0 aliphatic heterocycles. The predicted octanol–water partition coefficient (Wildman–Crippen LogP) is 1.92. The molecule has 1 rings (SSSR count). The molecule has 3 heteroatoms. The van der Waals surface area contributed by atoms with Gasteiger partial charge >= 0.3 is 5.97 Å². The van der Waals surface area contributed by atoms with Gasteiger partial charge in [0.2, 0.25) is 0 Å². The highest BCUT2D eigenvalue weighted by Gasteiger charge is 2.13. The molecule has 16 heavy (non-hydrogen) atoms. The third-order valence-electron chi connectivity index (χ3n) is 2.17. The van der Waals surface area contributed by atoms with E-state index in [0.29, 0.717) is 6.42 Å². The van der Waals surface area contributed by atoms with E-state index in [4.69, 9.17) is 0 Å². The Kier molecular flexibility index (Phi) is 4.45. The summed E-state index contributed by atoms with van der Waals surface area (Å²) in [7, 11) is 1.27. The lowest BCUT2D eigenvalue weighted by atomic mass is 10.1. The van der Waals surface area contributed by atoms with Gasteiger partial charge in [-0.3, -0.25) is 4.79 Å². The van der Waals surface area contributed by atoms with Crippen LogP contribution in [0.4, 0.5) is 0 Å². The van der Waals surface area contributed by atoms with Crippen molar-refractivity contribution in [3.63, 3.8) is 0 Å². The molecule has 84 valence electrons. The zero-order chi connectivity index (χ0) is 12.0. The molecule has 0 atom stereocenters. The first kappa shape index (κ1) is 12.2. The zero-order valence-corrected chi connectivity index (χ0v) is 9.40. The van der Waals surface area contributed by atoms with Gasteiger partial charge < -0.3 is 4.74 Å². The van der Waals surface area contributed by atoms with Crippen molar-refractivity contribution >= 4 is 11.8 Å². The van der Waals surface area contributed by atoms with Gasteiger partial charge in [0, 0.05) is 0 Å². The van der Waals surface area contributed by atoms with Gasteiger partial charge in [-0.25, -0.2) is 4.79 Å². The van der Waals surface area contributed by atoms with Crippen LogP contribution in [0, 0.1) is 0 Å². The molecule has 0 saturated carbocycles. The van der Waals surface area contributed by atoms with Crippen molar-refractivity contribution in [2.75, 3.05) is 7.11 Å². The molecule has 0 unspecified atom stereocenters. The van der Waals surface area contributed by atoms with Crippen molar-refractivity contribution in [3.05, 3.63) is 47.5 Å². The zero-order valence-electron chi connectivity index (χ0n) is 9.40. The number of allylic oxidation sites excluding steroid dienone is 1. The Hall–Kier alpha value is -1.90. The fourth-order valence-electron chi connectivity index (χ4n) is 1.31. The van der Waals surface area contributed by atoms with Gasteiger partial charge in [0.15, 0.2) is 5.78 Å². The Morgan fingerprint density at radius 1 is 1.25 bits per heavy atom. The lowest BCUT2D eigenvalue weighted by molar-refractivity contribution is -0.137. The van der Waals surface area contributed by atoms with Gasteiger partial charge in [-0.1, -0.05) is 36.4 Å². The van der Waals surface area contributed by atoms with Crippen molar-refractivity contribution < 1.29 is 14.3 Å². The number of ketones is 1. The summed E-state index contributed by atoms with van der Waals surface area (Å²) in [6.07, 6.45) is 2.15. The molecule has 1 aromatic rings. The van der Waals surface area contributed by atoms with E-state index in [-0.39, 0.29) is 11.4 Å². The number of esters is 1. The van der Waals surface area contributed by atoms with E-state index >= 15 is 0 Å². The van der Waals surface area contributed by atoms with E-state index < -0.39 is 5.97 Å². The number of benzene rings is 1. The highest BCUT2D eigenvalue weighted by Crippen LogP contribution is 2.05. The van der Waals surface area contributed by atoms with Crippen LogP contribution in [-0.4, -0.2) is 18.9 Å². The number of rotatable bonds is 4. The smallest absolute Gasteiger partial charge is 0.341 e. The number of hydrogen-bond donors (Lipinski definition) is 0. The minimum absolute atomic E-state index is 0.103. The largest absolute Gasteiger partial charge is 0.465 e. The third-order valence-corrected chi connectivity index (χ3v) is 2.17. The maximum Gasteiger partial charge on any atom is 0.341 e. The molecule has 0 N–H and O–H groups in total. The van der Waals surface area contributed by atoms with Crippen LogP contribution in [0.2, 0.25) is 0 Å². The lowest BCUT2D eigenvalue weighted by Crippen LogP contribution is -2.12. The average Bonchev–Trinajstić information content (AvgIpc) is 2.30. The highest BCUT2D eigenvalue weighted by molar-refractivity contribution is 6.16. The normalized spacial score (nSPS) is 11.0. The van der Waals surface area contributed by atoms with Crippen LogP contribution in [0.5, 0.6) is 0 Å². The molecule has 0 fully saturated rings. The number of hydrogen-bond acceptors (Lipinski definition) is 3. The predicted molar refractivity (Wildman–Crippen MR) is 60.9 cm³/mol. The van der Waals surface area contributed by atoms with E-state index in [9.17, 15) is 9.59 Å². The van der Waals surface area contributed by atoms with E-state index in [0.717, 1.165) is 5.56 Å². The van der Waals surface area contributed by atoms with Crippen LogP contribution in [0.25, 0.3) is 0 Å². The Morgan fingerprint density at radius 2 is 1.88 bits per heavy atom. The van der Waals surface area contributed by atoms with Gasteiger partial charge in [-0.2, -0.15) is 0 Å². The minimum Gasteiger partial charge on any atom is -0.465 e. The van der Waals surface area contributed by atoms with Crippen LogP contribution in [0.15, 0.2) is 42.0 Å². The molecule has 0 saturated heterocycles. The van der Waals surface area contributed by atoms with Gasteiger partial charge in [0.1, 0.15) is 0 Å². The maximum absolute atomic E-state index is 11.3. The summed E-state index contributed by atoms with van der Waals surface area (Å²) < 4.78 is 4.53. The molecule has 0 bridgehead atoms. The van der Waals surface area contributed by atoms with Crippen molar-refractivity contribution in [1.82, 2.24) is 0 Å². The van der Waals surface area contributed by atoms with Crippen molar-refractivity contribution in [2.24, 2.45) is 0 Å². The number of carbonyl (C=O) groups is 2. The first-order chi connectivity index (χ1) is 7.65. The molecule has 0 aliphatic carbocycles. The Morgan fingerprint density at radius 3 is 2.38 bits per heavy atom. The molecule has 0 radical (unpaired) electrons. The molecule has 1 aromatic carbocycles. The van der Waals surface area contributed by atoms with E-state index in [1.54, 1.807) is 6.08 Å². The number of Topliss-reactive ketones (excluding diaryl/α,β-unsaturated/α-hetero) is 1. The molecule has 0 spiro atoms. The van der Waals surface area contributed by atoms with Crippen molar-refractivity contribution in [2.45, 2.75) is 13.3 Å². The SMILES string of the molecule is COC(=O)C(=CCc1ccccc1)C(C)=O. The van der Waals surface area contributed by atoms with Crippen LogP contribution >= 0.6 is 0 Å². The summed E-state index contributed by atoms with van der Waals surface area (Å²) in [5.74, 6) is -0.855. The topological polar surface area (TPSA) is 43.4 Å². The monoisotopic (exact) mass is 218 g/mol. The maximum atomic E-state index is 11.3. The Labute approximate surface area is 94.7 Å². The molecular formula is C13H14O3. The van der Waals surface area contributed by atoms with Crippen molar-refractivity contribution in [1.29, 1.82) is 0 Å². The standard InChI is InChI=1S/C13H14O3/c1-10(14)12(13(15)16-2)9-8-11-6-4-3-5-7-11/h3-7,9H,8H2,1-2H3. The third kappa shape index (κ3) is 3.35. The van der Waals surface area contributed by atoms with Gasteiger partial charge in [-0.05, 0) is 18.9 Å². The molecule has 0 amide bonds. The summed E-state index contributed by atoms with van der Waals surface area (Å²) in [5.41, 5.74) is 1.15. The summed E-state index contributed by atoms with van der Waals surface area (Å²) in [6, 6.07) is 9.61. The summed E-state index contributed by atoms with van der Waals surface area (Å²) in [6.45, 7) is 1.35. The lowest BCUT2D eigenvalue weighted by Gasteiger charge is -2.01. The molecule has 0 aliphatic rings. The van der Waals surface area contributed by atoms with E-state index in [2.05, 4.69) is 4.74 Å². The molecule has 3 nitrogen and oxygen atoms in total. The summed E-state index contributed by atoms with van der Waals surface area (Å²) >= 11 is 0. The fraction of sp³-hybridized carbons (Fsp3) is 0.231. The van der Waals surface area contributed by atoms with Crippen LogP contribution < -0.4 is 0 Å². The quantitative estimate of drug-likeness (QED) is 0.335. The van der Waals surface area contributed by atoms with Gasteiger partial charge in [0.05, 0.1) is 12.7 Å². The summed E-state index contributed by atoms with van der Waals surface area (Å²) in [5, 5.41) is 0. The van der Waals surface area contributed by atoms with Crippen LogP contribution in [0.1, 0.15) is 12.5 Å². The second-order valence-electron chi connectivity index (χ2n) is 3.36.